The highest BCUT2D eigenvalue weighted by atomic mass is 32.2. The van der Waals surface area contributed by atoms with Gasteiger partial charge < -0.3 is 10.2 Å². The number of nitrogens with zero attached hydrogens (tertiary/aromatic N) is 3. The van der Waals surface area contributed by atoms with Crippen molar-refractivity contribution in [1.82, 2.24) is 0 Å². The second-order valence-corrected chi connectivity index (χ2v) is 11.5. The number of rotatable bonds is 4. The Kier molecular flexibility index (Phi) is 4.82. The minimum Gasteiger partial charge on any atom is -0.360 e. The summed E-state index contributed by atoms with van der Waals surface area (Å²) in [6.45, 7) is 1.77. The van der Waals surface area contributed by atoms with Crippen molar-refractivity contribution in [2.24, 2.45) is 4.99 Å². The molecule has 1 aromatic heterocycles. The first-order valence-corrected chi connectivity index (χ1v) is 13.5. The normalized spacial score (nSPS) is 19.3. The zero-order valence-electron chi connectivity index (χ0n) is 17.3. The predicted octanol–water partition coefficient (Wildman–Crippen LogP) is 4.52. The quantitative estimate of drug-likeness (QED) is 0.537. The first-order chi connectivity index (χ1) is 16.0. The van der Waals surface area contributed by atoms with Crippen molar-refractivity contribution in [3.63, 3.8) is 0 Å². The van der Waals surface area contributed by atoms with Crippen molar-refractivity contribution in [3.05, 3.63) is 81.5 Å². The van der Waals surface area contributed by atoms with Crippen LogP contribution in [0.5, 0.6) is 0 Å². The minimum atomic E-state index is -4.04. The van der Waals surface area contributed by atoms with Gasteiger partial charge in [-0.3, -0.25) is 14.1 Å². The molecule has 0 aliphatic carbocycles. The molecule has 1 N–H and O–H groups in total. The number of hydrogen-bond acceptors (Lipinski definition) is 8. The van der Waals surface area contributed by atoms with Gasteiger partial charge in [0.25, 0.3) is 10.0 Å². The van der Waals surface area contributed by atoms with Gasteiger partial charge in [0.2, 0.25) is 5.78 Å². The van der Waals surface area contributed by atoms with Crippen LogP contribution in [0, 0.1) is 0 Å². The number of Topliss-reactive ketones (excluding diaryl/α,β-unsaturated/α-hetero) is 1. The third-order valence-corrected chi connectivity index (χ3v) is 9.47. The average Bonchev–Trinajstić information content (AvgIpc) is 3.53. The van der Waals surface area contributed by atoms with Crippen molar-refractivity contribution in [1.29, 1.82) is 0 Å². The molecule has 0 saturated heterocycles. The molecular weight excluding hydrogens is 476 g/mol. The van der Waals surface area contributed by atoms with Crippen molar-refractivity contribution in [3.8, 4) is 0 Å². The van der Waals surface area contributed by atoms with E-state index in [2.05, 4.69) is 15.2 Å². The van der Waals surface area contributed by atoms with Gasteiger partial charge in [-0.25, -0.2) is 8.42 Å². The summed E-state index contributed by atoms with van der Waals surface area (Å²) in [6, 6.07) is 16.9. The number of anilines is 3. The molecule has 3 aliphatic rings. The third kappa shape index (κ3) is 3.36. The van der Waals surface area contributed by atoms with Crippen LogP contribution in [0.25, 0.3) is 0 Å². The molecule has 7 nitrogen and oxygen atoms in total. The van der Waals surface area contributed by atoms with Crippen LogP contribution in [0.3, 0.4) is 0 Å². The number of thioether (sulfide) groups is 1. The Hall–Kier alpha value is -3.08. The van der Waals surface area contributed by atoms with E-state index in [9.17, 15) is 13.2 Å². The molecule has 3 aromatic rings. The minimum absolute atomic E-state index is 0.157. The molecule has 6 rings (SSSR count). The lowest BCUT2D eigenvalue weighted by Gasteiger charge is -2.29. The molecule has 0 atom stereocenters. The highest BCUT2D eigenvalue weighted by Gasteiger charge is 2.41. The number of amidine groups is 1. The first-order valence-electron chi connectivity index (χ1n) is 10.3. The van der Waals surface area contributed by atoms with E-state index in [1.54, 1.807) is 23.2 Å². The SMILES string of the molecule is O=C1/C(=C/Nc2ccc3c(c2)N2CCN=C2S3)S(=O)(=O)N(Cc2ccccc2)c2ccsc21. The Morgan fingerprint density at radius 3 is 2.79 bits per heavy atom. The molecule has 10 heteroatoms. The number of ketones is 1. The molecule has 0 saturated carbocycles. The van der Waals surface area contributed by atoms with Gasteiger partial charge in [-0.05, 0) is 47.0 Å². The van der Waals surface area contributed by atoms with Crippen LogP contribution in [-0.2, 0) is 16.6 Å². The molecule has 0 fully saturated rings. The van der Waals surface area contributed by atoms with Gasteiger partial charge >= 0.3 is 0 Å². The molecule has 0 unspecified atom stereocenters. The monoisotopic (exact) mass is 494 g/mol. The Labute approximate surface area is 199 Å². The van der Waals surface area contributed by atoms with E-state index >= 15 is 0 Å². The molecule has 33 heavy (non-hydrogen) atoms. The van der Waals surface area contributed by atoms with Gasteiger partial charge in [-0.15, -0.1) is 11.3 Å². The summed E-state index contributed by atoms with van der Waals surface area (Å²) < 4.78 is 28.4. The fraction of sp³-hybridized carbons (Fsp3) is 0.130. The standard InChI is InChI=1S/C23H18N4O3S3/c28-21-20(13-25-16-6-7-19-18(12-16)26-10-9-24-23(26)32-19)33(29,30)27(17-8-11-31-22(17)21)14-15-4-2-1-3-5-15/h1-8,11-13,25H,9-10,14H2/b20-13-. The van der Waals surface area contributed by atoms with Gasteiger partial charge in [0.1, 0.15) is 4.88 Å². The fourth-order valence-electron chi connectivity index (χ4n) is 4.09. The Balaban J connectivity index is 1.35. The summed E-state index contributed by atoms with van der Waals surface area (Å²) in [5.41, 5.74) is 3.04. The van der Waals surface area contributed by atoms with E-state index in [1.165, 1.54) is 21.8 Å². The number of aliphatic imine (C=N–C) groups is 1. The second-order valence-electron chi connectivity index (χ2n) is 7.71. The van der Waals surface area contributed by atoms with Crippen LogP contribution >= 0.6 is 23.1 Å². The van der Waals surface area contributed by atoms with Crippen molar-refractivity contribution < 1.29 is 13.2 Å². The number of fused-ring (bicyclic) bond motifs is 4. The smallest absolute Gasteiger partial charge is 0.270 e. The number of benzene rings is 2. The van der Waals surface area contributed by atoms with E-state index in [0.29, 0.717) is 16.3 Å². The van der Waals surface area contributed by atoms with Gasteiger partial charge in [0, 0.05) is 23.3 Å². The molecule has 3 aliphatic heterocycles. The Morgan fingerprint density at radius 2 is 1.94 bits per heavy atom. The van der Waals surface area contributed by atoms with Crippen LogP contribution in [-0.4, -0.2) is 32.5 Å². The summed E-state index contributed by atoms with van der Waals surface area (Å²) in [4.78, 5) is 21.1. The molecular formula is C23H18N4O3S3. The van der Waals surface area contributed by atoms with E-state index in [1.807, 2.05) is 48.5 Å². The highest BCUT2D eigenvalue weighted by molar-refractivity contribution is 8.14. The first kappa shape index (κ1) is 20.5. The largest absolute Gasteiger partial charge is 0.360 e. The Bertz CT molecular complexity index is 1440. The van der Waals surface area contributed by atoms with Gasteiger partial charge in [-0.1, -0.05) is 30.3 Å². The summed E-state index contributed by atoms with van der Waals surface area (Å²) in [5, 5.41) is 5.80. The molecule has 2 aromatic carbocycles. The van der Waals surface area contributed by atoms with Gasteiger partial charge in [-0.2, -0.15) is 0 Å². The van der Waals surface area contributed by atoms with Crippen LogP contribution in [0.4, 0.5) is 17.1 Å². The molecule has 0 spiro atoms. The molecule has 0 bridgehead atoms. The lowest BCUT2D eigenvalue weighted by Crippen LogP contribution is -2.38. The highest BCUT2D eigenvalue weighted by Crippen LogP contribution is 2.43. The average molecular weight is 495 g/mol. The molecule has 0 radical (unpaired) electrons. The number of carbonyl (C=O) groups excluding carboxylic acids is 1. The summed E-state index contributed by atoms with van der Waals surface area (Å²) >= 11 is 2.89. The summed E-state index contributed by atoms with van der Waals surface area (Å²) in [6.07, 6.45) is 1.32. The fourth-order valence-corrected chi connectivity index (χ4v) is 7.64. The molecule has 0 amide bonds. The number of carbonyl (C=O) groups is 1. The maximum Gasteiger partial charge on any atom is 0.270 e. The van der Waals surface area contributed by atoms with Crippen molar-refractivity contribution in [2.45, 2.75) is 11.4 Å². The zero-order valence-corrected chi connectivity index (χ0v) is 19.7. The number of allylic oxidation sites excluding steroid dienone is 1. The lowest BCUT2D eigenvalue weighted by atomic mass is 10.2. The number of nitrogens with one attached hydrogen (secondary N) is 1. The van der Waals surface area contributed by atoms with Crippen molar-refractivity contribution >= 4 is 61.1 Å². The van der Waals surface area contributed by atoms with Gasteiger partial charge in [0.05, 0.1) is 24.5 Å². The lowest BCUT2D eigenvalue weighted by molar-refractivity contribution is 0.104. The third-order valence-electron chi connectivity index (χ3n) is 5.70. The number of sulfonamides is 1. The van der Waals surface area contributed by atoms with Crippen LogP contribution < -0.4 is 14.5 Å². The maximum atomic E-state index is 13.5. The van der Waals surface area contributed by atoms with Crippen LogP contribution in [0.1, 0.15) is 15.2 Å². The zero-order chi connectivity index (χ0) is 22.6. The number of thiophene rings is 1. The van der Waals surface area contributed by atoms with E-state index in [4.69, 9.17) is 0 Å². The van der Waals surface area contributed by atoms with E-state index < -0.39 is 15.8 Å². The second kappa shape index (κ2) is 7.75. The summed E-state index contributed by atoms with van der Waals surface area (Å²) in [7, 11) is -4.04. The van der Waals surface area contributed by atoms with E-state index in [0.717, 1.165) is 34.4 Å². The predicted molar refractivity (Wildman–Crippen MR) is 134 cm³/mol. The topological polar surface area (TPSA) is 82.1 Å². The van der Waals surface area contributed by atoms with E-state index in [-0.39, 0.29) is 11.4 Å². The van der Waals surface area contributed by atoms with Gasteiger partial charge in [0.15, 0.2) is 10.1 Å². The Morgan fingerprint density at radius 1 is 1.09 bits per heavy atom. The summed E-state index contributed by atoms with van der Waals surface area (Å²) in [5.74, 6) is -0.484. The van der Waals surface area contributed by atoms with Crippen LogP contribution in [0.15, 0.2) is 81.0 Å². The number of hydrogen-bond donors (Lipinski definition) is 1. The molecule has 166 valence electrons. The molecule has 4 heterocycles. The van der Waals surface area contributed by atoms with Crippen molar-refractivity contribution in [2.75, 3.05) is 27.6 Å². The maximum absolute atomic E-state index is 13.5. The van der Waals surface area contributed by atoms with Crippen LogP contribution in [0.2, 0.25) is 0 Å².